The Hall–Kier alpha value is -3.20. The van der Waals surface area contributed by atoms with E-state index in [0.29, 0.717) is 31.4 Å². The van der Waals surface area contributed by atoms with Gasteiger partial charge in [-0.15, -0.1) is 0 Å². The van der Waals surface area contributed by atoms with Gasteiger partial charge >= 0.3 is 5.97 Å². The molecule has 1 aliphatic rings. The Kier molecular flexibility index (Phi) is 17.3. The van der Waals surface area contributed by atoms with Gasteiger partial charge in [-0.2, -0.15) is 0 Å². The zero-order valence-electron chi connectivity index (χ0n) is 26.1. The first-order valence-electron chi connectivity index (χ1n) is 16.3. The number of hydrogen-bond donors (Lipinski definition) is 3. The van der Waals surface area contributed by atoms with Crippen molar-refractivity contribution in [2.45, 2.75) is 128 Å². The molecule has 0 spiro atoms. The zero-order valence-corrected chi connectivity index (χ0v) is 26.1. The number of imide groups is 1. The van der Waals surface area contributed by atoms with Gasteiger partial charge in [-0.3, -0.25) is 19.3 Å². The Balaban J connectivity index is 1.79. The molecule has 1 aromatic carbocycles. The number of phenols is 1. The number of rotatable bonds is 21. The van der Waals surface area contributed by atoms with Crippen LogP contribution in [0.5, 0.6) is 5.75 Å². The summed E-state index contributed by atoms with van der Waals surface area (Å²) in [6.07, 6.45) is 20.9. The van der Waals surface area contributed by atoms with Gasteiger partial charge in [0, 0.05) is 19.4 Å². The van der Waals surface area contributed by atoms with Crippen molar-refractivity contribution in [2.75, 3.05) is 13.1 Å². The maximum atomic E-state index is 13.6. The fraction of sp³-hybridized carbons (Fsp3) is 0.647. The third kappa shape index (κ3) is 12.9. The number of aromatic hydroxyl groups is 1. The van der Waals surface area contributed by atoms with Gasteiger partial charge < -0.3 is 20.8 Å². The Morgan fingerprint density at radius 2 is 1.51 bits per heavy atom. The molecule has 1 fully saturated rings. The third-order valence-electron chi connectivity index (χ3n) is 8.15. The van der Waals surface area contributed by atoms with Crippen molar-refractivity contribution in [3.8, 4) is 5.75 Å². The van der Waals surface area contributed by atoms with Crippen molar-refractivity contribution in [2.24, 2.45) is 5.73 Å². The van der Waals surface area contributed by atoms with Crippen LogP contribution in [-0.2, 0) is 25.6 Å². The predicted molar refractivity (Wildman–Crippen MR) is 168 cm³/mol. The lowest BCUT2D eigenvalue weighted by molar-refractivity contribution is -0.160. The molecule has 9 nitrogen and oxygen atoms in total. The van der Waals surface area contributed by atoms with Gasteiger partial charge in [0.2, 0.25) is 11.8 Å². The van der Waals surface area contributed by atoms with Gasteiger partial charge in [0.15, 0.2) is 0 Å². The second kappa shape index (κ2) is 20.7. The van der Waals surface area contributed by atoms with Crippen LogP contribution < -0.4 is 5.73 Å². The Morgan fingerprint density at radius 3 is 2.09 bits per heavy atom. The molecule has 0 saturated carbocycles. The van der Waals surface area contributed by atoms with Crippen molar-refractivity contribution < 1.29 is 29.4 Å². The molecule has 0 bridgehead atoms. The SMILES string of the molecule is CCCCCCCC/C=C\CCCCCCCC(=O)N1CCC[C@H]1C(=O)N(C(=O)CN)[C@@H](Cc1ccc(O)cc1)C(=O)O. The highest BCUT2D eigenvalue weighted by atomic mass is 16.4. The Bertz CT molecular complexity index is 1030. The molecule has 1 heterocycles. The van der Waals surface area contributed by atoms with Gasteiger partial charge in [0.05, 0.1) is 6.54 Å². The smallest absolute Gasteiger partial charge is 0.327 e. The molecule has 0 aromatic heterocycles. The van der Waals surface area contributed by atoms with Gasteiger partial charge in [0.1, 0.15) is 17.8 Å². The van der Waals surface area contributed by atoms with E-state index in [1.54, 1.807) is 12.1 Å². The monoisotopic (exact) mass is 599 g/mol. The number of carboxylic acids is 1. The summed E-state index contributed by atoms with van der Waals surface area (Å²) >= 11 is 0. The maximum absolute atomic E-state index is 13.6. The Morgan fingerprint density at radius 1 is 0.930 bits per heavy atom. The van der Waals surface area contributed by atoms with E-state index in [2.05, 4.69) is 19.1 Å². The number of allylic oxidation sites excluding steroid dienone is 2. The van der Waals surface area contributed by atoms with E-state index in [1.807, 2.05) is 0 Å². The quantitative estimate of drug-likeness (QED) is 0.121. The molecule has 0 radical (unpaired) electrons. The summed E-state index contributed by atoms with van der Waals surface area (Å²) in [5.74, 6) is -2.95. The molecule has 1 saturated heterocycles. The number of benzene rings is 1. The standard InChI is InChI=1S/C34H53N3O6/c1-2-3-4-5-6-7-8-9-10-11-12-13-14-15-16-19-31(39)36-24-17-18-29(36)33(41)37(32(40)26-35)30(34(42)43)25-27-20-22-28(38)23-21-27/h9-10,20-23,29-30,38H,2-8,11-19,24-26,35H2,1H3,(H,42,43)/b10-9-/t29-,30-/m0/s1. The van der Waals surface area contributed by atoms with Gasteiger partial charge in [-0.05, 0) is 62.6 Å². The first kappa shape index (κ1) is 36.0. The van der Waals surface area contributed by atoms with Crippen LogP contribution in [0.4, 0.5) is 0 Å². The van der Waals surface area contributed by atoms with Crippen LogP contribution >= 0.6 is 0 Å². The molecule has 240 valence electrons. The number of aliphatic carboxylic acids is 1. The largest absolute Gasteiger partial charge is 0.508 e. The minimum Gasteiger partial charge on any atom is -0.508 e. The van der Waals surface area contributed by atoms with Gasteiger partial charge in [-0.1, -0.05) is 82.6 Å². The van der Waals surface area contributed by atoms with Crippen molar-refractivity contribution in [1.82, 2.24) is 9.80 Å². The molecule has 0 aliphatic carbocycles. The first-order chi connectivity index (χ1) is 20.8. The predicted octanol–water partition coefficient (Wildman–Crippen LogP) is 5.73. The van der Waals surface area contributed by atoms with Crippen LogP contribution in [0.1, 0.15) is 115 Å². The van der Waals surface area contributed by atoms with E-state index in [0.717, 1.165) is 43.4 Å². The van der Waals surface area contributed by atoms with Crippen LogP contribution in [-0.4, -0.2) is 68.9 Å². The average Bonchev–Trinajstić information content (AvgIpc) is 3.49. The van der Waals surface area contributed by atoms with Gasteiger partial charge in [0.25, 0.3) is 5.91 Å². The number of nitrogens with two attached hydrogens (primary N) is 1. The molecule has 3 amide bonds. The number of carbonyl (C=O) groups excluding carboxylic acids is 3. The topological polar surface area (TPSA) is 141 Å². The van der Waals surface area contributed by atoms with Crippen molar-refractivity contribution >= 4 is 23.7 Å². The molecule has 2 atom stereocenters. The van der Waals surface area contributed by atoms with Crippen molar-refractivity contribution in [3.05, 3.63) is 42.0 Å². The van der Waals surface area contributed by atoms with E-state index in [9.17, 15) is 29.4 Å². The number of nitrogens with zero attached hydrogens (tertiary/aromatic N) is 2. The molecular formula is C34H53N3O6. The summed E-state index contributed by atoms with van der Waals surface area (Å²) in [4.78, 5) is 53.9. The van der Waals surface area contributed by atoms with E-state index in [1.165, 1.54) is 62.0 Å². The van der Waals surface area contributed by atoms with E-state index in [-0.39, 0.29) is 18.1 Å². The summed E-state index contributed by atoms with van der Waals surface area (Å²) in [6.45, 7) is 2.12. The molecule has 1 aromatic rings. The van der Waals surface area contributed by atoms with E-state index in [4.69, 9.17) is 5.73 Å². The van der Waals surface area contributed by atoms with Crippen LogP contribution in [0.15, 0.2) is 36.4 Å². The molecular weight excluding hydrogens is 546 g/mol. The maximum Gasteiger partial charge on any atom is 0.327 e. The number of carboxylic acid groups (broad SMARTS) is 1. The molecule has 2 rings (SSSR count). The zero-order chi connectivity index (χ0) is 31.5. The number of carbonyl (C=O) groups is 4. The number of phenolic OH excluding ortho intramolecular Hbond substituents is 1. The van der Waals surface area contributed by atoms with Crippen LogP contribution in [0, 0.1) is 0 Å². The highest BCUT2D eigenvalue weighted by Crippen LogP contribution is 2.24. The summed E-state index contributed by atoms with van der Waals surface area (Å²) in [5.41, 5.74) is 6.11. The normalized spacial score (nSPS) is 15.6. The molecule has 0 unspecified atom stereocenters. The van der Waals surface area contributed by atoms with Crippen molar-refractivity contribution in [3.63, 3.8) is 0 Å². The van der Waals surface area contributed by atoms with Crippen molar-refractivity contribution in [1.29, 1.82) is 0 Å². The highest BCUT2D eigenvalue weighted by Gasteiger charge is 2.42. The summed E-state index contributed by atoms with van der Waals surface area (Å²) in [5, 5.41) is 19.5. The number of likely N-dealkylation sites (tertiary alicyclic amines) is 1. The summed E-state index contributed by atoms with van der Waals surface area (Å²) in [7, 11) is 0. The fourth-order valence-corrected chi connectivity index (χ4v) is 5.67. The molecule has 4 N–H and O–H groups in total. The lowest BCUT2D eigenvalue weighted by atomic mass is 10.0. The first-order valence-corrected chi connectivity index (χ1v) is 16.3. The number of amides is 3. The summed E-state index contributed by atoms with van der Waals surface area (Å²) in [6, 6.07) is 3.55. The fourth-order valence-electron chi connectivity index (χ4n) is 5.67. The number of unbranched alkanes of at least 4 members (excludes halogenated alkanes) is 11. The second-order valence-electron chi connectivity index (χ2n) is 11.6. The second-order valence-corrected chi connectivity index (χ2v) is 11.6. The molecule has 9 heteroatoms. The van der Waals surface area contributed by atoms with E-state index < -0.39 is 36.4 Å². The van der Waals surface area contributed by atoms with E-state index >= 15 is 0 Å². The lowest BCUT2D eigenvalue weighted by Gasteiger charge is -2.32. The molecule has 1 aliphatic heterocycles. The van der Waals surface area contributed by atoms with Crippen LogP contribution in [0.3, 0.4) is 0 Å². The molecule has 43 heavy (non-hydrogen) atoms. The number of hydrogen-bond acceptors (Lipinski definition) is 6. The minimum atomic E-state index is -1.48. The highest BCUT2D eigenvalue weighted by molar-refractivity contribution is 6.03. The van der Waals surface area contributed by atoms with Crippen LogP contribution in [0.2, 0.25) is 0 Å². The minimum absolute atomic E-state index is 0.0212. The van der Waals surface area contributed by atoms with Gasteiger partial charge in [-0.25, -0.2) is 4.79 Å². The average molecular weight is 600 g/mol. The summed E-state index contributed by atoms with van der Waals surface area (Å²) < 4.78 is 0. The van der Waals surface area contributed by atoms with Crippen LogP contribution in [0.25, 0.3) is 0 Å². The lowest BCUT2D eigenvalue weighted by Crippen LogP contribution is -2.57. The third-order valence-corrected chi connectivity index (χ3v) is 8.15. The Labute approximate surface area is 257 Å².